The molecular formula is C15H22N2O2. The maximum atomic E-state index is 11.2. The number of nitrogens with zero attached hydrogens (tertiary/aromatic N) is 1. The monoisotopic (exact) mass is 262 g/mol. The fourth-order valence-electron chi connectivity index (χ4n) is 2.97. The number of nitrogens with two attached hydrogens (primary N) is 1. The third-order valence-electron chi connectivity index (χ3n) is 4.06. The molecule has 0 bridgehead atoms. The molecule has 0 saturated heterocycles. The predicted octanol–water partition coefficient (Wildman–Crippen LogP) is 2.16. The molecule has 1 aromatic carbocycles. The summed E-state index contributed by atoms with van der Waals surface area (Å²) in [6, 6.07) is 8.54. The first-order valence-electron chi connectivity index (χ1n) is 6.82. The molecule has 1 saturated carbocycles. The van der Waals surface area contributed by atoms with Crippen LogP contribution in [0.15, 0.2) is 24.3 Å². The summed E-state index contributed by atoms with van der Waals surface area (Å²) in [6.45, 7) is 5.03. The molecule has 2 atom stereocenters. The molecule has 0 heterocycles. The van der Waals surface area contributed by atoms with Gasteiger partial charge in [0.2, 0.25) is 0 Å². The second-order valence-corrected chi connectivity index (χ2v) is 5.48. The fraction of sp³-hybridized carbons (Fsp3) is 0.533. The first-order valence-corrected chi connectivity index (χ1v) is 6.82. The van der Waals surface area contributed by atoms with Gasteiger partial charge in [0.1, 0.15) is 5.54 Å². The number of rotatable bonds is 4. The fourth-order valence-corrected chi connectivity index (χ4v) is 2.97. The standard InChI is InChI=1S/C15H22N2O2/c1-3-17(12-6-4-5-11(2)9-12)13-7-8-15(16,10-13)14(18)19/h4-6,9,13H,3,7-8,10,16H2,1-2H3,(H,18,19). The molecule has 0 aromatic heterocycles. The average Bonchev–Trinajstić information content (AvgIpc) is 2.74. The van der Waals surface area contributed by atoms with Crippen LogP contribution in [0.3, 0.4) is 0 Å². The third-order valence-corrected chi connectivity index (χ3v) is 4.06. The van der Waals surface area contributed by atoms with Crippen LogP contribution >= 0.6 is 0 Å². The molecule has 0 amide bonds. The van der Waals surface area contributed by atoms with Gasteiger partial charge in [0, 0.05) is 18.3 Å². The van der Waals surface area contributed by atoms with Gasteiger partial charge in [0.25, 0.3) is 0 Å². The maximum Gasteiger partial charge on any atom is 0.323 e. The lowest BCUT2D eigenvalue weighted by Gasteiger charge is -2.31. The Bertz CT molecular complexity index is 475. The predicted molar refractivity (Wildman–Crippen MR) is 76.4 cm³/mol. The zero-order valence-corrected chi connectivity index (χ0v) is 11.6. The Kier molecular flexibility index (Phi) is 3.80. The van der Waals surface area contributed by atoms with Gasteiger partial charge in [-0.1, -0.05) is 12.1 Å². The molecule has 1 aliphatic carbocycles. The lowest BCUT2D eigenvalue weighted by atomic mass is 9.99. The van der Waals surface area contributed by atoms with Crippen molar-refractivity contribution in [2.45, 2.75) is 44.7 Å². The molecule has 2 rings (SSSR count). The SMILES string of the molecule is CCN(c1cccc(C)c1)C1CCC(N)(C(=O)O)C1. The quantitative estimate of drug-likeness (QED) is 0.872. The van der Waals surface area contributed by atoms with E-state index in [9.17, 15) is 9.90 Å². The van der Waals surface area contributed by atoms with Gasteiger partial charge in [-0.15, -0.1) is 0 Å². The highest BCUT2D eigenvalue weighted by atomic mass is 16.4. The Balaban J connectivity index is 2.18. The summed E-state index contributed by atoms with van der Waals surface area (Å²) in [4.78, 5) is 13.5. The number of carbonyl (C=O) groups is 1. The number of benzene rings is 1. The first kappa shape index (κ1) is 13.9. The van der Waals surface area contributed by atoms with Gasteiger partial charge in [-0.2, -0.15) is 0 Å². The summed E-state index contributed by atoms with van der Waals surface area (Å²) in [5, 5.41) is 9.22. The topological polar surface area (TPSA) is 66.6 Å². The van der Waals surface area contributed by atoms with Gasteiger partial charge < -0.3 is 15.7 Å². The number of aliphatic carboxylic acids is 1. The van der Waals surface area contributed by atoms with Crippen molar-refractivity contribution in [3.63, 3.8) is 0 Å². The van der Waals surface area contributed by atoms with Gasteiger partial charge in [-0.25, -0.2) is 0 Å². The van der Waals surface area contributed by atoms with E-state index >= 15 is 0 Å². The number of carboxylic acids is 1. The summed E-state index contributed by atoms with van der Waals surface area (Å²) in [5.41, 5.74) is 7.28. The normalized spacial score (nSPS) is 26.4. The van der Waals surface area contributed by atoms with E-state index in [1.165, 1.54) is 5.56 Å². The van der Waals surface area contributed by atoms with Gasteiger partial charge in [-0.3, -0.25) is 4.79 Å². The van der Waals surface area contributed by atoms with Crippen molar-refractivity contribution < 1.29 is 9.90 Å². The van der Waals surface area contributed by atoms with E-state index in [0.717, 1.165) is 18.7 Å². The van der Waals surface area contributed by atoms with E-state index in [4.69, 9.17) is 5.73 Å². The second kappa shape index (κ2) is 5.21. The zero-order chi connectivity index (χ0) is 14.0. The lowest BCUT2D eigenvalue weighted by Crippen LogP contribution is -2.47. The Morgan fingerprint density at radius 3 is 2.84 bits per heavy atom. The smallest absolute Gasteiger partial charge is 0.323 e. The van der Waals surface area contributed by atoms with E-state index in [2.05, 4.69) is 36.9 Å². The van der Waals surface area contributed by atoms with Crippen LogP contribution in [0.4, 0.5) is 5.69 Å². The van der Waals surface area contributed by atoms with Crippen LogP contribution in [-0.2, 0) is 4.79 Å². The van der Waals surface area contributed by atoms with E-state index in [-0.39, 0.29) is 6.04 Å². The number of anilines is 1. The number of hydrogen-bond donors (Lipinski definition) is 2. The summed E-state index contributed by atoms with van der Waals surface area (Å²) in [5.74, 6) is -0.879. The summed E-state index contributed by atoms with van der Waals surface area (Å²) in [6.07, 6.45) is 1.91. The molecular weight excluding hydrogens is 240 g/mol. The molecule has 0 spiro atoms. The minimum Gasteiger partial charge on any atom is -0.480 e. The van der Waals surface area contributed by atoms with Gasteiger partial charge in [0.15, 0.2) is 0 Å². The van der Waals surface area contributed by atoms with E-state index < -0.39 is 11.5 Å². The Morgan fingerprint density at radius 2 is 2.32 bits per heavy atom. The van der Waals surface area contributed by atoms with Gasteiger partial charge in [-0.05, 0) is 50.8 Å². The molecule has 19 heavy (non-hydrogen) atoms. The molecule has 0 aliphatic heterocycles. The maximum absolute atomic E-state index is 11.2. The van der Waals surface area contributed by atoms with Crippen molar-refractivity contribution in [3.8, 4) is 0 Å². The van der Waals surface area contributed by atoms with Crippen molar-refractivity contribution in [2.24, 2.45) is 5.73 Å². The largest absolute Gasteiger partial charge is 0.480 e. The minimum absolute atomic E-state index is 0.216. The second-order valence-electron chi connectivity index (χ2n) is 5.48. The minimum atomic E-state index is -1.05. The van der Waals surface area contributed by atoms with Crippen molar-refractivity contribution >= 4 is 11.7 Å². The molecule has 4 nitrogen and oxygen atoms in total. The van der Waals surface area contributed by atoms with Crippen molar-refractivity contribution in [2.75, 3.05) is 11.4 Å². The van der Waals surface area contributed by atoms with Crippen LogP contribution in [0.1, 0.15) is 31.7 Å². The van der Waals surface area contributed by atoms with Crippen LogP contribution < -0.4 is 10.6 Å². The molecule has 0 radical (unpaired) electrons. The lowest BCUT2D eigenvalue weighted by molar-refractivity contribution is -0.143. The number of aryl methyl sites for hydroxylation is 1. The third kappa shape index (κ3) is 2.73. The Labute approximate surface area is 114 Å². The highest BCUT2D eigenvalue weighted by molar-refractivity contribution is 5.79. The van der Waals surface area contributed by atoms with Crippen LogP contribution in [-0.4, -0.2) is 29.2 Å². The number of hydrogen-bond acceptors (Lipinski definition) is 3. The first-order chi connectivity index (χ1) is 8.96. The molecule has 1 aliphatic rings. The molecule has 1 fully saturated rings. The Morgan fingerprint density at radius 1 is 1.58 bits per heavy atom. The van der Waals surface area contributed by atoms with Crippen LogP contribution in [0.2, 0.25) is 0 Å². The zero-order valence-electron chi connectivity index (χ0n) is 11.6. The van der Waals surface area contributed by atoms with E-state index in [0.29, 0.717) is 12.8 Å². The molecule has 104 valence electrons. The average molecular weight is 262 g/mol. The molecule has 1 aromatic rings. The van der Waals surface area contributed by atoms with Crippen LogP contribution in [0, 0.1) is 6.92 Å². The van der Waals surface area contributed by atoms with Crippen molar-refractivity contribution in [1.29, 1.82) is 0 Å². The van der Waals surface area contributed by atoms with Crippen LogP contribution in [0.5, 0.6) is 0 Å². The highest BCUT2D eigenvalue weighted by Crippen LogP contribution is 2.34. The number of carboxylic acid groups (broad SMARTS) is 1. The van der Waals surface area contributed by atoms with Crippen molar-refractivity contribution in [3.05, 3.63) is 29.8 Å². The van der Waals surface area contributed by atoms with Gasteiger partial charge in [0.05, 0.1) is 0 Å². The van der Waals surface area contributed by atoms with Crippen molar-refractivity contribution in [1.82, 2.24) is 0 Å². The highest BCUT2D eigenvalue weighted by Gasteiger charge is 2.43. The summed E-state index contributed by atoms with van der Waals surface area (Å²) >= 11 is 0. The summed E-state index contributed by atoms with van der Waals surface area (Å²) < 4.78 is 0. The molecule has 3 N–H and O–H groups in total. The molecule has 2 unspecified atom stereocenters. The Hall–Kier alpha value is -1.55. The summed E-state index contributed by atoms with van der Waals surface area (Å²) in [7, 11) is 0. The van der Waals surface area contributed by atoms with E-state index in [1.54, 1.807) is 0 Å². The van der Waals surface area contributed by atoms with Crippen LogP contribution in [0.25, 0.3) is 0 Å². The molecule has 4 heteroatoms. The van der Waals surface area contributed by atoms with Gasteiger partial charge >= 0.3 is 5.97 Å². The van der Waals surface area contributed by atoms with E-state index in [1.807, 2.05) is 6.07 Å².